The number of benzene rings is 1. The lowest BCUT2D eigenvalue weighted by Gasteiger charge is -2.19. The molecule has 0 radical (unpaired) electrons. The predicted molar refractivity (Wildman–Crippen MR) is 90.7 cm³/mol. The molecule has 0 aliphatic rings. The van der Waals surface area contributed by atoms with Gasteiger partial charge in [-0.3, -0.25) is 9.05 Å². The maximum absolute atomic E-state index is 12.7. The molecule has 6 heteroatoms. The molecule has 5 nitrogen and oxygen atoms in total. The van der Waals surface area contributed by atoms with Gasteiger partial charge in [0.2, 0.25) is 0 Å². The van der Waals surface area contributed by atoms with Gasteiger partial charge in [0.1, 0.15) is 5.75 Å². The van der Waals surface area contributed by atoms with E-state index >= 15 is 0 Å². The van der Waals surface area contributed by atoms with Crippen molar-refractivity contribution in [1.29, 1.82) is 0 Å². The van der Waals surface area contributed by atoms with Crippen LogP contribution in [0.5, 0.6) is 5.75 Å². The van der Waals surface area contributed by atoms with Crippen molar-refractivity contribution < 1.29 is 18.1 Å². The molecule has 0 saturated heterocycles. The minimum atomic E-state index is -3.55. The van der Waals surface area contributed by atoms with Gasteiger partial charge in [-0.25, -0.2) is 4.57 Å². The van der Waals surface area contributed by atoms with Crippen molar-refractivity contribution in [3.8, 4) is 5.75 Å². The zero-order chi connectivity index (χ0) is 16.4. The van der Waals surface area contributed by atoms with Gasteiger partial charge in [-0.2, -0.15) is 0 Å². The Labute approximate surface area is 134 Å². The Bertz CT molecular complexity index is 448. The number of phosphoric acid groups is 1. The zero-order valence-electron chi connectivity index (χ0n) is 14.1. The van der Waals surface area contributed by atoms with Gasteiger partial charge in [0.15, 0.2) is 0 Å². The first-order chi connectivity index (χ1) is 10.5. The molecule has 1 rings (SSSR count). The van der Waals surface area contributed by atoms with Crippen molar-refractivity contribution in [2.45, 2.75) is 39.5 Å². The third kappa shape index (κ3) is 6.82. The summed E-state index contributed by atoms with van der Waals surface area (Å²) in [4.78, 5) is 1.98. The Morgan fingerprint density at radius 2 is 1.45 bits per heavy atom. The minimum Gasteiger partial charge on any atom is -0.404 e. The summed E-state index contributed by atoms with van der Waals surface area (Å²) >= 11 is 0. The molecule has 0 fully saturated rings. The van der Waals surface area contributed by atoms with E-state index < -0.39 is 7.82 Å². The Kier molecular flexibility index (Phi) is 8.54. The number of hydrogen-bond donors (Lipinski definition) is 0. The first kappa shape index (κ1) is 19.0. The normalized spacial score (nSPS) is 11.5. The summed E-state index contributed by atoms with van der Waals surface area (Å²) in [6, 6.07) is 7.35. The first-order valence-electron chi connectivity index (χ1n) is 7.87. The monoisotopic (exact) mass is 329 g/mol. The van der Waals surface area contributed by atoms with Crippen LogP contribution in [0.3, 0.4) is 0 Å². The summed E-state index contributed by atoms with van der Waals surface area (Å²) in [5.41, 5.74) is 1.04. The molecular formula is C16H28NO4P. The lowest BCUT2D eigenvalue weighted by molar-refractivity contribution is 0.152. The van der Waals surface area contributed by atoms with Crippen LogP contribution >= 0.6 is 7.82 Å². The minimum absolute atomic E-state index is 0.371. The van der Waals surface area contributed by atoms with Gasteiger partial charge in [-0.05, 0) is 37.1 Å². The van der Waals surface area contributed by atoms with Crippen molar-refractivity contribution in [3.05, 3.63) is 24.3 Å². The number of nitrogens with zero attached hydrogens (tertiary/aromatic N) is 1. The third-order valence-electron chi connectivity index (χ3n) is 3.06. The first-order valence-corrected chi connectivity index (χ1v) is 9.33. The molecule has 0 heterocycles. The second-order valence-electron chi connectivity index (χ2n) is 5.30. The molecule has 126 valence electrons. The second-order valence-corrected chi connectivity index (χ2v) is 6.89. The zero-order valence-corrected chi connectivity index (χ0v) is 15.0. The highest BCUT2D eigenvalue weighted by Crippen LogP contribution is 2.49. The quantitative estimate of drug-likeness (QED) is 0.428. The smallest absolute Gasteiger partial charge is 0.404 e. The fourth-order valence-electron chi connectivity index (χ4n) is 1.67. The number of unbranched alkanes of at least 4 members (excludes halogenated alkanes) is 2. The van der Waals surface area contributed by atoms with Crippen molar-refractivity contribution in [3.63, 3.8) is 0 Å². The van der Waals surface area contributed by atoms with E-state index in [0.717, 1.165) is 31.4 Å². The number of anilines is 1. The fraction of sp³-hybridized carbons (Fsp3) is 0.625. The van der Waals surface area contributed by atoms with Crippen LogP contribution in [0.1, 0.15) is 39.5 Å². The molecule has 0 spiro atoms. The highest BCUT2D eigenvalue weighted by atomic mass is 31.2. The molecule has 0 N–H and O–H groups in total. The molecule has 0 atom stereocenters. The Balaban J connectivity index is 2.71. The summed E-state index contributed by atoms with van der Waals surface area (Å²) in [5.74, 6) is 0.488. The lowest BCUT2D eigenvalue weighted by atomic mass is 10.3. The molecule has 1 aromatic carbocycles. The van der Waals surface area contributed by atoms with Crippen molar-refractivity contribution >= 4 is 13.5 Å². The van der Waals surface area contributed by atoms with Gasteiger partial charge in [0.25, 0.3) is 0 Å². The van der Waals surface area contributed by atoms with E-state index in [4.69, 9.17) is 13.6 Å². The summed E-state index contributed by atoms with van der Waals surface area (Å²) in [5, 5.41) is 0. The van der Waals surface area contributed by atoms with Crippen LogP contribution in [-0.2, 0) is 13.6 Å². The average molecular weight is 329 g/mol. The molecule has 0 aromatic heterocycles. The highest BCUT2D eigenvalue weighted by molar-refractivity contribution is 7.48. The summed E-state index contributed by atoms with van der Waals surface area (Å²) in [7, 11) is 0.368. The van der Waals surface area contributed by atoms with Gasteiger partial charge < -0.3 is 9.42 Å². The largest absolute Gasteiger partial charge is 0.530 e. The van der Waals surface area contributed by atoms with Crippen LogP contribution in [0.25, 0.3) is 0 Å². The maximum atomic E-state index is 12.7. The van der Waals surface area contributed by atoms with Gasteiger partial charge >= 0.3 is 7.82 Å². The van der Waals surface area contributed by atoms with E-state index in [1.54, 1.807) is 12.1 Å². The standard InChI is InChI=1S/C16H28NO4P/c1-5-7-13-19-22(18,20-14-8-6-2)21-16-11-9-15(10-12-16)17(3)4/h9-12H,5-8,13-14H2,1-4H3. The molecule has 0 aliphatic heterocycles. The summed E-state index contributed by atoms with van der Waals surface area (Å²) in [6.07, 6.45) is 3.58. The molecule has 0 amide bonds. The van der Waals surface area contributed by atoms with Crippen molar-refractivity contribution in [2.75, 3.05) is 32.2 Å². The Morgan fingerprint density at radius 1 is 0.955 bits per heavy atom. The van der Waals surface area contributed by atoms with E-state index in [1.807, 2.05) is 45.0 Å². The summed E-state index contributed by atoms with van der Waals surface area (Å²) in [6.45, 7) is 4.84. The molecular weight excluding hydrogens is 301 g/mol. The topological polar surface area (TPSA) is 48.0 Å². The molecule has 22 heavy (non-hydrogen) atoms. The average Bonchev–Trinajstić information content (AvgIpc) is 2.48. The predicted octanol–water partition coefficient (Wildman–Crippen LogP) is 4.87. The van der Waals surface area contributed by atoms with Crippen LogP contribution in [0.2, 0.25) is 0 Å². The maximum Gasteiger partial charge on any atom is 0.530 e. The van der Waals surface area contributed by atoms with Crippen LogP contribution < -0.4 is 9.42 Å². The van der Waals surface area contributed by atoms with E-state index in [-0.39, 0.29) is 0 Å². The number of phosphoric ester groups is 1. The van der Waals surface area contributed by atoms with Gasteiger partial charge in [-0.15, -0.1) is 0 Å². The van der Waals surface area contributed by atoms with E-state index in [1.165, 1.54) is 0 Å². The van der Waals surface area contributed by atoms with Gasteiger partial charge in [0.05, 0.1) is 13.2 Å². The molecule has 0 unspecified atom stereocenters. The molecule has 0 saturated carbocycles. The van der Waals surface area contributed by atoms with E-state index in [0.29, 0.717) is 19.0 Å². The van der Waals surface area contributed by atoms with Crippen LogP contribution in [0.15, 0.2) is 24.3 Å². The number of rotatable bonds is 11. The van der Waals surface area contributed by atoms with Crippen LogP contribution in [-0.4, -0.2) is 27.3 Å². The second kappa shape index (κ2) is 9.88. The lowest BCUT2D eigenvalue weighted by Crippen LogP contribution is -2.08. The third-order valence-corrected chi connectivity index (χ3v) is 4.50. The van der Waals surface area contributed by atoms with E-state index in [9.17, 15) is 4.57 Å². The van der Waals surface area contributed by atoms with E-state index in [2.05, 4.69) is 0 Å². The summed E-state index contributed by atoms with van der Waals surface area (Å²) < 4.78 is 29.0. The van der Waals surface area contributed by atoms with Gasteiger partial charge in [0, 0.05) is 19.8 Å². The van der Waals surface area contributed by atoms with Crippen molar-refractivity contribution in [1.82, 2.24) is 0 Å². The van der Waals surface area contributed by atoms with Crippen LogP contribution in [0.4, 0.5) is 5.69 Å². The Morgan fingerprint density at radius 3 is 1.86 bits per heavy atom. The fourth-order valence-corrected chi connectivity index (χ4v) is 2.93. The van der Waals surface area contributed by atoms with Crippen LogP contribution in [0, 0.1) is 0 Å². The molecule has 0 aliphatic carbocycles. The number of hydrogen-bond acceptors (Lipinski definition) is 5. The molecule has 0 bridgehead atoms. The highest BCUT2D eigenvalue weighted by Gasteiger charge is 2.28. The van der Waals surface area contributed by atoms with Gasteiger partial charge in [-0.1, -0.05) is 26.7 Å². The van der Waals surface area contributed by atoms with Crippen molar-refractivity contribution in [2.24, 2.45) is 0 Å². The molecule has 1 aromatic rings. The Hall–Kier alpha value is -1.03. The SMILES string of the molecule is CCCCOP(=O)(OCCCC)Oc1ccc(N(C)C)cc1.